The fourth-order valence-corrected chi connectivity index (χ4v) is 3.59. The average molecular weight is 502 g/mol. The number of fused-ring (bicyclic) bond motifs is 1. The Kier molecular flexibility index (Phi) is 9.24. The molecule has 0 radical (unpaired) electrons. The van der Waals surface area contributed by atoms with Gasteiger partial charge in [0.1, 0.15) is 0 Å². The van der Waals surface area contributed by atoms with Crippen molar-refractivity contribution in [3.63, 3.8) is 0 Å². The SMILES string of the molecule is Cl.Cl.[C-]#[N+]c1ccc2c(N(C)Cc3cccnc3)nnc(NCc3ccc(C)c(Cl)c3)c2c1. The number of aryl methyl sites for hydroxylation is 1. The Balaban J connectivity index is 0.00000193. The van der Waals surface area contributed by atoms with Crippen molar-refractivity contribution in [2.75, 3.05) is 17.3 Å². The Morgan fingerprint density at radius 1 is 1.03 bits per heavy atom. The van der Waals surface area contributed by atoms with E-state index in [0.717, 1.165) is 38.3 Å². The van der Waals surface area contributed by atoms with Gasteiger partial charge in [0.2, 0.25) is 0 Å². The third-order valence-corrected chi connectivity index (χ3v) is 5.48. The monoisotopic (exact) mass is 500 g/mol. The maximum atomic E-state index is 7.39. The first-order chi connectivity index (χ1) is 15.0. The van der Waals surface area contributed by atoms with Gasteiger partial charge in [-0.25, -0.2) is 4.85 Å². The van der Waals surface area contributed by atoms with Gasteiger partial charge < -0.3 is 10.2 Å². The molecule has 0 aliphatic carbocycles. The lowest BCUT2D eigenvalue weighted by Crippen LogP contribution is -2.19. The lowest BCUT2D eigenvalue weighted by molar-refractivity contribution is 0.870. The zero-order chi connectivity index (χ0) is 21.8. The molecule has 0 amide bonds. The Morgan fingerprint density at radius 2 is 1.85 bits per heavy atom. The number of nitrogens with zero attached hydrogens (tertiary/aromatic N) is 5. The average Bonchev–Trinajstić information content (AvgIpc) is 2.79. The van der Waals surface area contributed by atoms with Gasteiger partial charge in [-0.2, -0.15) is 0 Å². The van der Waals surface area contributed by atoms with Crippen molar-refractivity contribution in [3.05, 3.63) is 94.1 Å². The third-order valence-electron chi connectivity index (χ3n) is 5.07. The maximum Gasteiger partial charge on any atom is 0.188 e. The second-order valence-electron chi connectivity index (χ2n) is 7.37. The fraction of sp³-hybridized carbons (Fsp3) is 0.167. The van der Waals surface area contributed by atoms with Crippen molar-refractivity contribution in [1.82, 2.24) is 15.2 Å². The quantitative estimate of drug-likeness (QED) is 0.300. The van der Waals surface area contributed by atoms with Crippen molar-refractivity contribution in [2.45, 2.75) is 20.0 Å². The van der Waals surface area contributed by atoms with Crippen LogP contribution in [0.1, 0.15) is 16.7 Å². The topological polar surface area (TPSA) is 58.3 Å². The molecule has 0 atom stereocenters. The third kappa shape index (κ3) is 6.02. The standard InChI is InChI=1S/C24H21ClN6.2ClH/c1-16-6-7-17(11-22(16)25)14-28-23-21-12-19(26-2)8-9-20(21)24(30-29-23)31(3)15-18-5-4-10-27-13-18;;/h4-13H,14-15H2,1,3H3,(H,28,29);2*1H. The van der Waals surface area contributed by atoms with E-state index in [-0.39, 0.29) is 24.8 Å². The predicted molar refractivity (Wildman–Crippen MR) is 140 cm³/mol. The summed E-state index contributed by atoms with van der Waals surface area (Å²) >= 11 is 6.25. The maximum absolute atomic E-state index is 7.39. The first kappa shape index (κ1) is 26.1. The number of halogens is 3. The van der Waals surface area contributed by atoms with Crippen LogP contribution in [0.4, 0.5) is 17.3 Å². The van der Waals surface area contributed by atoms with Gasteiger partial charge in [0, 0.05) is 48.3 Å². The second-order valence-corrected chi connectivity index (χ2v) is 7.78. The van der Waals surface area contributed by atoms with E-state index >= 15 is 0 Å². The normalized spacial score (nSPS) is 10.0. The minimum atomic E-state index is 0. The van der Waals surface area contributed by atoms with Gasteiger partial charge in [0.05, 0.1) is 6.57 Å². The summed E-state index contributed by atoms with van der Waals surface area (Å²) in [5.74, 6) is 1.38. The van der Waals surface area contributed by atoms with Gasteiger partial charge in [-0.1, -0.05) is 41.9 Å². The molecular weight excluding hydrogens is 479 g/mol. The highest BCUT2D eigenvalue weighted by atomic mass is 35.5. The van der Waals surface area contributed by atoms with E-state index in [2.05, 4.69) is 25.3 Å². The summed E-state index contributed by atoms with van der Waals surface area (Å²) in [6.45, 7) is 10.6. The van der Waals surface area contributed by atoms with Crippen LogP contribution < -0.4 is 10.2 Å². The van der Waals surface area contributed by atoms with Gasteiger partial charge in [0.15, 0.2) is 17.3 Å². The molecule has 0 saturated carbocycles. The molecule has 170 valence electrons. The highest BCUT2D eigenvalue weighted by Crippen LogP contribution is 2.32. The molecule has 9 heteroatoms. The summed E-state index contributed by atoms with van der Waals surface area (Å²) < 4.78 is 0. The number of hydrogen-bond acceptors (Lipinski definition) is 5. The van der Waals surface area contributed by atoms with Crippen LogP contribution in [-0.2, 0) is 13.1 Å². The molecule has 0 aliphatic rings. The lowest BCUT2D eigenvalue weighted by atomic mass is 10.1. The predicted octanol–water partition coefficient (Wildman–Crippen LogP) is 6.63. The molecule has 1 N–H and O–H groups in total. The van der Waals surface area contributed by atoms with Gasteiger partial charge in [-0.05, 0) is 41.8 Å². The van der Waals surface area contributed by atoms with Crippen LogP contribution in [0, 0.1) is 13.5 Å². The van der Waals surface area contributed by atoms with Gasteiger partial charge >= 0.3 is 0 Å². The molecule has 0 aliphatic heterocycles. The number of nitrogens with one attached hydrogen (secondary N) is 1. The Bertz CT molecular complexity index is 1270. The second kappa shape index (κ2) is 11.7. The van der Waals surface area contributed by atoms with Crippen LogP contribution in [0.3, 0.4) is 0 Å². The summed E-state index contributed by atoms with van der Waals surface area (Å²) in [5.41, 5.74) is 3.72. The molecule has 6 nitrogen and oxygen atoms in total. The highest BCUT2D eigenvalue weighted by molar-refractivity contribution is 6.31. The molecule has 0 fully saturated rings. The van der Waals surface area contributed by atoms with Gasteiger partial charge in [-0.3, -0.25) is 4.98 Å². The lowest BCUT2D eigenvalue weighted by Gasteiger charge is -2.20. The van der Waals surface area contributed by atoms with Crippen LogP contribution in [0.15, 0.2) is 60.9 Å². The zero-order valence-corrected chi connectivity index (χ0v) is 20.5. The van der Waals surface area contributed by atoms with E-state index < -0.39 is 0 Å². The molecule has 0 saturated heterocycles. The molecule has 33 heavy (non-hydrogen) atoms. The number of benzene rings is 2. The molecule has 4 aromatic rings. The number of rotatable bonds is 6. The van der Waals surface area contributed by atoms with Crippen LogP contribution in [0.5, 0.6) is 0 Å². The molecule has 0 spiro atoms. The molecule has 0 unspecified atom stereocenters. The van der Waals surface area contributed by atoms with E-state index in [4.69, 9.17) is 18.2 Å². The first-order valence-corrected chi connectivity index (χ1v) is 10.2. The summed E-state index contributed by atoms with van der Waals surface area (Å²) in [6.07, 6.45) is 3.60. The van der Waals surface area contributed by atoms with Crippen molar-refractivity contribution < 1.29 is 0 Å². The minimum Gasteiger partial charge on any atom is -0.364 e. The molecular formula is C24H23Cl3N6. The fourth-order valence-electron chi connectivity index (χ4n) is 3.38. The van der Waals surface area contributed by atoms with Crippen LogP contribution in [-0.4, -0.2) is 22.2 Å². The molecule has 2 aromatic heterocycles. The Morgan fingerprint density at radius 3 is 2.55 bits per heavy atom. The van der Waals surface area contributed by atoms with Gasteiger partial charge in [-0.15, -0.1) is 35.0 Å². The molecule has 0 bridgehead atoms. The zero-order valence-electron chi connectivity index (χ0n) is 18.1. The van der Waals surface area contributed by atoms with Crippen molar-refractivity contribution in [2.24, 2.45) is 0 Å². The number of aromatic nitrogens is 3. The summed E-state index contributed by atoms with van der Waals surface area (Å²) in [5, 5.41) is 14.8. The molecule has 4 rings (SSSR count). The summed E-state index contributed by atoms with van der Waals surface area (Å²) in [7, 11) is 1.97. The van der Waals surface area contributed by atoms with Gasteiger partial charge in [0.25, 0.3) is 0 Å². The highest BCUT2D eigenvalue weighted by Gasteiger charge is 2.14. The first-order valence-electron chi connectivity index (χ1n) is 9.82. The Hall–Kier alpha value is -3.11. The summed E-state index contributed by atoms with van der Waals surface area (Å²) in [6, 6.07) is 15.5. The number of hydrogen-bond donors (Lipinski definition) is 1. The molecule has 2 aromatic carbocycles. The van der Waals surface area contributed by atoms with E-state index in [1.165, 1.54) is 0 Å². The van der Waals surface area contributed by atoms with Crippen LogP contribution in [0.2, 0.25) is 5.02 Å². The van der Waals surface area contributed by atoms with Crippen molar-refractivity contribution in [1.29, 1.82) is 0 Å². The van der Waals surface area contributed by atoms with Crippen molar-refractivity contribution >= 4 is 64.5 Å². The summed E-state index contributed by atoms with van der Waals surface area (Å²) in [4.78, 5) is 9.79. The van der Waals surface area contributed by atoms with E-state index in [1.54, 1.807) is 6.20 Å². The Labute approximate surface area is 210 Å². The van der Waals surface area contributed by atoms with Crippen LogP contribution in [0.25, 0.3) is 15.6 Å². The smallest absolute Gasteiger partial charge is 0.188 e. The largest absolute Gasteiger partial charge is 0.364 e. The van der Waals surface area contributed by atoms with Crippen LogP contribution >= 0.6 is 36.4 Å². The van der Waals surface area contributed by atoms with E-state index in [9.17, 15) is 0 Å². The minimum absolute atomic E-state index is 0. The van der Waals surface area contributed by atoms with Crippen molar-refractivity contribution in [3.8, 4) is 0 Å². The van der Waals surface area contributed by atoms with E-state index in [0.29, 0.717) is 24.6 Å². The number of anilines is 2. The number of pyridine rings is 1. The molecule has 2 heterocycles. The van der Waals surface area contributed by atoms with E-state index in [1.807, 2.05) is 73.6 Å².